The zero-order valence-corrected chi connectivity index (χ0v) is 19.8. The Morgan fingerprint density at radius 1 is 1.09 bits per heavy atom. The van der Waals surface area contributed by atoms with Crippen LogP contribution in [0.15, 0.2) is 42.5 Å². The van der Waals surface area contributed by atoms with Crippen LogP contribution in [0.3, 0.4) is 0 Å². The van der Waals surface area contributed by atoms with Gasteiger partial charge in [-0.15, -0.1) is 0 Å². The van der Waals surface area contributed by atoms with Gasteiger partial charge in [-0.25, -0.2) is 0 Å². The van der Waals surface area contributed by atoms with Crippen molar-refractivity contribution in [3.8, 4) is 5.75 Å². The number of hydrogen-bond acceptors (Lipinski definition) is 7. The summed E-state index contributed by atoms with van der Waals surface area (Å²) in [6.45, 7) is 3.91. The Morgan fingerprint density at radius 2 is 1.83 bits per heavy atom. The molecule has 9 heteroatoms. The Bertz CT molecular complexity index is 1130. The van der Waals surface area contributed by atoms with Crippen LogP contribution in [0.25, 0.3) is 0 Å². The second-order valence-electron chi connectivity index (χ2n) is 9.42. The molecule has 3 aliphatic heterocycles. The minimum Gasteiger partial charge on any atom is -0.489 e. The van der Waals surface area contributed by atoms with Crippen molar-refractivity contribution in [2.75, 3.05) is 33.2 Å². The van der Waals surface area contributed by atoms with Crippen LogP contribution in [0.1, 0.15) is 46.1 Å². The average Bonchev–Trinajstić information content (AvgIpc) is 3.20. The van der Waals surface area contributed by atoms with E-state index in [0.717, 1.165) is 37.3 Å². The summed E-state index contributed by atoms with van der Waals surface area (Å²) in [4.78, 5) is 42.4. The topological polar surface area (TPSA) is 102 Å². The SMILES string of the molecule is CN1CCN(C(=O)c2ccc(COc3cccc4c3CN(C3CCC(=O)NC3=O)C4O)cc2)CC1. The second-order valence-corrected chi connectivity index (χ2v) is 9.42. The van der Waals surface area contributed by atoms with Crippen LogP contribution in [0.2, 0.25) is 0 Å². The van der Waals surface area contributed by atoms with Gasteiger partial charge in [-0.3, -0.25) is 24.6 Å². The number of rotatable bonds is 5. The summed E-state index contributed by atoms with van der Waals surface area (Å²) in [6, 6.07) is 12.4. The van der Waals surface area contributed by atoms with E-state index in [0.29, 0.717) is 36.4 Å². The monoisotopic (exact) mass is 478 g/mol. The number of nitrogens with zero attached hydrogens (tertiary/aromatic N) is 3. The molecular weight excluding hydrogens is 448 g/mol. The number of aliphatic hydroxyl groups excluding tert-OH is 1. The minimum atomic E-state index is -0.933. The van der Waals surface area contributed by atoms with E-state index in [1.807, 2.05) is 47.4 Å². The number of carbonyl (C=O) groups is 3. The molecule has 0 radical (unpaired) electrons. The molecule has 2 atom stereocenters. The first-order valence-electron chi connectivity index (χ1n) is 12.0. The molecule has 2 unspecified atom stereocenters. The predicted molar refractivity (Wildman–Crippen MR) is 127 cm³/mol. The third-order valence-electron chi connectivity index (χ3n) is 7.10. The molecule has 3 aliphatic rings. The van der Waals surface area contributed by atoms with Crippen LogP contribution in [0.4, 0.5) is 0 Å². The molecule has 2 aromatic carbocycles. The Morgan fingerprint density at radius 3 is 2.54 bits per heavy atom. The molecule has 2 saturated heterocycles. The molecule has 0 aliphatic carbocycles. The lowest BCUT2D eigenvalue weighted by Gasteiger charge is -2.32. The van der Waals surface area contributed by atoms with Gasteiger partial charge in [0.05, 0.1) is 6.04 Å². The van der Waals surface area contributed by atoms with Gasteiger partial charge in [-0.2, -0.15) is 0 Å². The number of piperidine rings is 1. The molecule has 3 heterocycles. The van der Waals surface area contributed by atoms with Gasteiger partial charge in [-0.1, -0.05) is 24.3 Å². The van der Waals surface area contributed by atoms with E-state index in [1.165, 1.54) is 0 Å². The Balaban J connectivity index is 1.23. The zero-order chi connectivity index (χ0) is 24.5. The van der Waals surface area contributed by atoms with Crippen molar-refractivity contribution in [2.45, 2.75) is 38.3 Å². The lowest BCUT2D eigenvalue weighted by atomic mass is 10.0. The number of aliphatic hydroxyl groups is 1. The summed E-state index contributed by atoms with van der Waals surface area (Å²) in [5.74, 6) is 0.0439. The summed E-state index contributed by atoms with van der Waals surface area (Å²) in [5, 5.41) is 13.2. The normalized spacial score (nSPS) is 23.2. The summed E-state index contributed by atoms with van der Waals surface area (Å²) in [5.41, 5.74) is 3.15. The maximum Gasteiger partial charge on any atom is 0.253 e. The zero-order valence-electron chi connectivity index (χ0n) is 19.8. The standard InChI is InChI=1S/C26H30N4O5/c1-28-11-13-29(14-12-28)25(33)18-7-5-17(6-8-18)16-35-22-4-2-3-19-20(22)15-30(26(19)34)21-9-10-23(31)27-24(21)32/h2-8,21,26,34H,9-16H2,1H3,(H,27,31,32). The van der Waals surface area contributed by atoms with Crippen molar-refractivity contribution < 1.29 is 24.2 Å². The highest BCUT2D eigenvalue weighted by Crippen LogP contribution is 2.39. The molecule has 5 rings (SSSR count). The largest absolute Gasteiger partial charge is 0.489 e. The summed E-state index contributed by atoms with van der Waals surface area (Å²) < 4.78 is 6.10. The van der Waals surface area contributed by atoms with Crippen molar-refractivity contribution in [2.24, 2.45) is 0 Å². The van der Waals surface area contributed by atoms with Crippen molar-refractivity contribution in [3.05, 3.63) is 64.7 Å². The fraction of sp³-hybridized carbons (Fsp3) is 0.423. The van der Waals surface area contributed by atoms with Crippen LogP contribution in [-0.4, -0.2) is 76.8 Å². The molecule has 35 heavy (non-hydrogen) atoms. The third kappa shape index (κ3) is 4.80. The number of likely N-dealkylation sites (N-methyl/N-ethyl adjacent to an activating group) is 1. The fourth-order valence-electron chi connectivity index (χ4n) is 4.95. The van der Waals surface area contributed by atoms with E-state index in [2.05, 4.69) is 17.3 Å². The van der Waals surface area contributed by atoms with E-state index in [-0.39, 0.29) is 24.1 Å². The molecule has 184 valence electrons. The molecule has 2 fully saturated rings. The summed E-state index contributed by atoms with van der Waals surface area (Å²) >= 11 is 0. The van der Waals surface area contributed by atoms with Gasteiger partial charge in [-0.05, 0) is 37.2 Å². The minimum absolute atomic E-state index is 0.0500. The highest BCUT2D eigenvalue weighted by atomic mass is 16.5. The lowest BCUT2D eigenvalue weighted by molar-refractivity contribution is -0.141. The van der Waals surface area contributed by atoms with Gasteiger partial charge in [0, 0.05) is 55.8 Å². The van der Waals surface area contributed by atoms with Gasteiger partial charge in [0.1, 0.15) is 18.6 Å². The van der Waals surface area contributed by atoms with E-state index in [4.69, 9.17) is 4.74 Å². The molecule has 0 bridgehead atoms. The van der Waals surface area contributed by atoms with Crippen LogP contribution in [0.5, 0.6) is 5.75 Å². The van der Waals surface area contributed by atoms with Crippen molar-refractivity contribution >= 4 is 17.7 Å². The number of ether oxygens (including phenoxy) is 1. The maximum atomic E-state index is 12.8. The number of imide groups is 1. The number of nitrogens with one attached hydrogen (secondary N) is 1. The molecule has 0 aromatic heterocycles. The molecule has 2 aromatic rings. The Hall–Kier alpha value is -3.27. The van der Waals surface area contributed by atoms with E-state index in [9.17, 15) is 19.5 Å². The molecule has 0 saturated carbocycles. The van der Waals surface area contributed by atoms with E-state index in [1.54, 1.807) is 4.90 Å². The van der Waals surface area contributed by atoms with E-state index >= 15 is 0 Å². The van der Waals surface area contributed by atoms with Crippen molar-refractivity contribution in [1.82, 2.24) is 20.0 Å². The smallest absolute Gasteiger partial charge is 0.253 e. The third-order valence-corrected chi connectivity index (χ3v) is 7.10. The second kappa shape index (κ2) is 9.77. The number of carbonyl (C=O) groups excluding carboxylic acids is 3. The molecule has 0 spiro atoms. The number of fused-ring (bicyclic) bond motifs is 1. The first-order chi connectivity index (χ1) is 16.9. The lowest BCUT2D eigenvalue weighted by Crippen LogP contribution is -2.51. The molecular formula is C26H30N4O5. The van der Waals surface area contributed by atoms with Crippen LogP contribution in [-0.2, 0) is 22.7 Å². The number of benzene rings is 2. The highest BCUT2D eigenvalue weighted by molar-refractivity contribution is 6.00. The van der Waals surface area contributed by atoms with Gasteiger partial charge < -0.3 is 19.6 Å². The average molecular weight is 479 g/mol. The maximum absolute atomic E-state index is 12.8. The van der Waals surface area contributed by atoms with E-state index < -0.39 is 12.3 Å². The van der Waals surface area contributed by atoms with Crippen LogP contribution < -0.4 is 10.1 Å². The highest BCUT2D eigenvalue weighted by Gasteiger charge is 2.40. The van der Waals surface area contributed by atoms with Crippen molar-refractivity contribution in [1.29, 1.82) is 0 Å². The van der Waals surface area contributed by atoms with Gasteiger partial charge in [0.15, 0.2) is 0 Å². The first kappa shape index (κ1) is 23.5. The van der Waals surface area contributed by atoms with Gasteiger partial charge >= 0.3 is 0 Å². The fourth-order valence-corrected chi connectivity index (χ4v) is 4.95. The Kier molecular flexibility index (Phi) is 6.55. The summed E-state index contributed by atoms with van der Waals surface area (Å²) in [6.07, 6.45) is -0.296. The number of amides is 3. The predicted octanol–water partition coefficient (Wildman–Crippen LogP) is 1.26. The molecule has 9 nitrogen and oxygen atoms in total. The van der Waals surface area contributed by atoms with Gasteiger partial charge in [0.25, 0.3) is 5.91 Å². The Labute approximate surface area is 204 Å². The van der Waals surface area contributed by atoms with Crippen LogP contribution in [0, 0.1) is 0 Å². The number of hydrogen-bond donors (Lipinski definition) is 2. The molecule has 3 amide bonds. The first-order valence-corrected chi connectivity index (χ1v) is 12.0. The molecule has 2 N–H and O–H groups in total. The van der Waals surface area contributed by atoms with Crippen LogP contribution >= 0.6 is 0 Å². The quantitative estimate of drug-likeness (QED) is 0.624. The van der Waals surface area contributed by atoms with Crippen molar-refractivity contribution in [3.63, 3.8) is 0 Å². The number of piperazine rings is 1. The summed E-state index contributed by atoms with van der Waals surface area (Å²) in [7, 11) is 2.06. The van der Waals surface area contributed by atoms with Gasteiger partial charge in [0.2, 0.25) is 11.8 Å².